The number of para-hydroxylation sites is 1. The van der Waals surface area contributed by atoms with Crippen LogP contribution in [0.5, 0.6) is 0 Å². The van der Waals surface area contributed by atoms with Gasteiger partial charge in [0.05, 0.1) is 11.1 Å². The smallest absolute Gasteiger partial charge is 0.339 e. The molecule has 0 unspecified atom stereocenters. The van der Waals surface area contributed by atoms with E-state index in [0.717, 1.165) is 17.9 Å². The zero-order valence-electron chi connectivity index (χ0n) is 14.9. The molecule has 3 rings (SSSR count). The van der Waals surface area contributed by atoms with Crippen LogP contribution in [-0.2, 0) is 11.3 Å². The first-order valence-electron chi connectivity index (χ1n) is 8.34. The summed E-state index contributed by atoms with van der Waals surface area (Å²) in [5.74, 6) is -0.821. The quantitative estimate of drug-likeness (QED) is 0.380. The predicted octanol–water partition coefficient (Wildman–Crippen LogP) is 4.37. The predicted molar refractivity (Wildman–Crippen MR) is 101 cm³/mol. The summed E-state index contributed by atoms with van der Waals surface area (Å²) in [6.07, 6.45) is 0. The van der Waals surface area contributed by atoms with Crippen molar-refractivity contribution in [1.29, 1.82) is 0 Å². The van der Waals surface area contributed by atoms with E-state index in [0.29, 0.717) is 22.0 Å². The third-order valence-electron chi connectivity index (χ3n) is 4.43. The molecule has 1 aromatic carbocycles. The highest BCUT2D eigenvalue weighted by molar-refractivity contribution is 6.30. The Kier molecular flexibility index (Phi) is 5.09. The van der Waals surface area contributed by atoms with Crippen LogP contribution >= 0.6 is 11.6 Å². The van der Waals surface area contributed by atoms with Gasteiger partial charge in [-0.05, 0) is 39.0 Å². The first kappa shape index (κ1) is 18.1. The van der Waals surface area contributed by atoms with E-state index in [-0.39, 0.29) is 17.5 Å². The number of halogens is 1. The number of esters is 1. The molecule has 6 heteroatoms. The lowest BCUT2D eigenvalue weighted by atomic mass is 10.1. The lowest BCUT2D eigenvalue weighted by molar-refractivity contribution is 0.0476. The first-order valence-corrected chi connectivity index (χ1v) is 8.72. The van der Waals surface area contributed by atoms with Gasteiger partial charge in [0.2, 0.25) is 5.78 Å². The Morgan fingerprint density at radius 3 is 2.58 bits per heavy atom. The number of ketones is 1. The van der Waals surface area contributed by atoms with Gasteiger partial charge in [0, 0.05) is 28.9 Å². The standard InChI is InChI=1S/C20H19ClN2O3/c1-4-23-12(2)9-15(13(23)3)18(24)11-26-20(25)16-10-19(21)22-17-8-6-5-7-14(16)17/h5-10H,4,11H2,1-3H3. The number of aryl methyl sites for hydroxylation is 1. The Bertz CT molecular complexity index is 1010. The lowest BCUT2D eigenvalue weighted by Crippen LogP contribution is -2.15. The molecule has 2 aromatic heterocycles. The summed E-state index contributed by atoms with van der Waals surface area (Å²) < 4.78 is 7.31. The number of hydrogen-bond donors (Lipinski definition) is 0. The van der Waals surface area contributed by atoms with Gasteiger partial charge in [0.1, 0.15) is 5.15 Å². The molecule has 0 amide bonds. The molecule has 3 aromatic rings. The Labute approximate surface area is 156 Å². The molecular formula is C20H19ClN2O3. The van der Waals surface area contributed by atoms with Crippen molar-refractivity contribution in [3.63, 3.8) is 0 Å². The summed E-state index contributed by atoms with van der Waals surface area (Å²) in [6, 6.07) is 10.4. The van der Waals surface area contributed by atoms with Crippen molar-refractivity contribution in [3.8, 4) is 0 Å². The first-order chi connectivity index (χ1) is 12.4. The van der Waals surface area contributed by atoms with E-state index in [1.807, 2.05) is 37.5 Å². The summed E-state index contributed by atoms with van der Waals surface area (Å²) in [7, 11) is 0. The van der Waals surface area contributed by atoms with Gasteiger partial charge in [0.25, 0.3) is 0 Å². The fourth-order valence-corrected chi connectivity index (χ4v) is 3.37. The van der Waals surface area contributed by atoms with Crippen molar-refractivity contribution in [2.24, 2.45) is 0 Å². The van der Waals surface area contributed by atoms with Gasteiger partial charge >= 0.3 is 5.97 Å². The van der Waals surface area contributed by atoms with E-state index in [4.69, 9.17) is 16.3 Å². The van der Waals surface area contributed by atoms with Crippen molar-refractivity contribution in [2.75, 3.05) is 6.61 Å². The summed E-state index contributed by atoms with van der Waals surface area (Å²) in [4.78, 5) is 29.2. The molecule has 0 saturated carbocycles. The van der Waals surface area contributed by atoms with Crippen LogP contribution in [0.4, 0.5) is 0 Å². The molecule has 0 spiro atoms. The molecule has 0 fully saturated rings. The molecular weight excluding hydrogens is 352 g/mol. The topological polar surface area (TPSA) is 61.2 Å². The van der Waals surface area contributed by atoms with Crippen LogP contribution in [-0.4, -0.2) is 27.9 Å². The van der Waals surface area contributed by atoms with Gasteiger partial charge in [-0.1, -0.05) is 29.8 Å². The van der Waals surface area contributed by atoms with Gasteiger partial charge < -0.3 is 9.30 Å². The van der Waals surface area contributed by atoms with Crippen LogP contribution in [0.15, 0.2) is 36.4 Å². The molecule has 0 bridgehead atoms. The normalized spacial score (nSPS) is 10.9. The third kappa shape index (κ3) is 3.35. The van der Waals surface area contributed by atoms with E-state index in [1.165, 1.54) is 6.07 Å². The second kappa shape index (κ2) is 7.30. The Morgan fingerprint density at radius 1 is 1.15 bits per heavy atom. The zero-order chi connectivity index (χ0) is 18.8. The maximum absolute atomic E-state index is 12.5. The minimum absolute atomic E-state index is 0.202. The molecule has 26 heavy (non-hydrogen) atoms. The summed E-state index contributed by atoms with van der Waals surface area (Å²) in [5, 5.41) is 0.840. The highest BCUT2D eigenvalue weighted by Gasteiger charge is 2.19. The van der Waals surface area contributed by atoms with Crippen molar-refractivity contribution in [2.45, 2.75) is 27.3 Å². The van der Waals surface area contributed by atoms with E-state index in [9.17, 15) is 9.59 Å². The summed E-state index contributed by atoms with van der Waals surface area (Å²) >= 11 is 5.99. The fourth-order valence-electron chi connectivity index (χ4n) is 3.17. The number of pyridine rings is 1. The zero-order valence-corrected chi connectivity index (χ0v) is 15.6. The fraction of sp³-hybridized carbons (Fsp3) is 0.250. The Morgan fingerprint density at radius 2 is 1.88 bits per heavy atom. The largest absolute Gasteiger partial charge is 0.454 e. The van der Waals surface area contributed by atoms with Crippen LogP contribution < -0.4 is 0 Å². The maximum atomic E-state index is 12.5. The summed E-state index contributed by atoms with van der Waals surface area (Å²) in [6.45, 7) is 6.33. The van der Waals surface area contributed by atoms with Gasteiger partial charge in [-0.2, -0.15) is 0 Å². The highest BCUT2D eigenvalue weighted by atomic mass is 35.5. The number of aromatic nitrogens is 2. The van der Waals surface area contributed by atoms with Crippen molar-refractivity contribution < 1.29 is 14.3 Å². The minimum Gasteiger partial charge on any atom is -0.454 e. The second-order valence-corrected chi connectivity index (χ2v) is 6.43. The molecule has 0 aliphatic carbocycles. The van der Waals surface area contributed by atoms with E-state index >= 15 is 0 Å². The minimum atomic E-state index is -0.594. The molecule has 0 N–H and O–H groups in total. The number of benzene rings is 1. The van der Waals surface area contributed by atoms with Crippen LogP contribution in [0, 0.1) is 13.8 Å². The van der Waals surface area contributed by atoms with Gasteiger partial charge in [-0.3, -0.25) is 4.79 Å². The average molecular weight is 371 g/mol. The lowest BCUT2D eigenvalue weighted by Gasteiger charge is -2.08. The molecule has 0 aliphatic rings. The molecule has 2 heterocycles. The number of nitrogens with zero attached hydrogens (tertiary/aromatic N) is 2. The van der Waals surface area contributed by atoms with Crippen molar-refractivity contribution in [3.05, 3.63) is 64.1 Å². The van der Waals surface area contributed by atoms with Crippen LogP contribution in [0.3, 0.4) is 0 Å². The van der Waals surface area contributed by atoms with E-state index in [2.05, 4.69) is 4.98 Å². The monoisotopic (exact) mass is 370 g/mol. The molecule has 134 valence electrons. The highest BCUT2D eigenvalue weighted by Crippen LogP contribution is 2.22. The summed E-state index contributed by atoms with van der Waals surface area (Å²) in [5.41, 5.74) is 3.36. The van der Waals surface area contributed by atoms with E-state index in [1.54, 1.807) is 18.2 Å². The third-order valence-corrected chi connectivity index (χ3v) is 4.62. The number of Topliss-reactive ketones (excluding diaryl/α,β-unsaturated/α-hetero) is 1. The van der Waals surface area contributed by atoms with Crippen molar-refractivity contribution >= 4 is 34.3 Å². The second-order valence-electron chi connectivity index (χ2n) is 6.04. The maximum Gasteiger partial charge on any atom is 0.339 e. The SMILES string of the molecule is CCn1c(C)cc(C(=O)COC(=O)c2cc(Cl)nc3ccccc23)c1C. The van der Waals surface area contributed by atoms with Crippen molar-refractivity contribution in [1.82, 2.24) is 9.55 Å². The van der Waals surface area contributed by atoms with Gasteiger partial charge in [-0.25, -0.2) is 9.78 Å². The number of rotatable bonds is 5. The number of carbonyl (C=O) groups is 2. The molecule has 0 radical (unpaired) electrons. The number of hydrogen-bond acceptors (Lipinski definition) is 4. The van der Waals surface area contributed by atoms with Gasteiger partial charge in [0.15, 0.2) is 6.61 Å². The molecule has 0 atom stereocenters. The number of ether oxygens (including phenoxy) is 1. The molecule has 0 saturated heterocycles. The van der Waals surface area contributed by atoms with Crippen LogP contribution in [0.1, 0.15) is 39.0 Å². The molecule has 5 nitrogen and oxygen atoms in total. The number of fused-ring (bicyclic) bond motifs is 1. The molecule has 0 aliphatic heterocycles. The Hall–Kier alpha value is -2.66. The number of carbonyl (C=O) groups excluding carboxylic acids is 2. The van der Waals surface area contributed by atoms with Gasteiger partial charge in [-0.15, -0.1) is 0 Å². The Balaban J connectivity index is 1.81. The van der Waals surface area contributed by atoms with Crippen LogP contribution in [0.2, 0.25) is 5.15 Å². The average Bonchev–Trinajstić information content (AvgIpc) is 2.92. The van der Waals surface area contributed by atoms with E-state index < -0.39 is 5.97 Å². The van der Waals surface area contributed by atoms with Crippen LogP contribution in [0.25, 0.3) is 10.9 Å².